The lowest BCUT2D eigenvalue weighted by atomic mass is 9.80. The Hall–Kier alpha value is -1.06. The number of rotatable bonds is 8. The summed E-state index contributed by atoms with van der Waals surface area (Å²) >= 11 is 0. The highest BCUT2D eigenvalue weighted by Gasteiger charge is 2.37. The van der Waals surface area contributed by atoms with Crippen molar-refractivity contribution in [3.05, 3.63) is 0 Å². The first-order chi connectivity index (χ1) is 8.70. The van der Waals surface area contributed by atoms with E-state index in [0.717, 1.165) is 12.8 Å². The van der Waals surface area contributed by atoms with Crippen molar-refractivity contribution in [1.29, 1.82) is 0 Å². The smallest absolute Gasteiger partial charge is 0.316 e. The summed E-state index contributed by atoms with van der Waals surface area (Å²) in [6.07, 6.45) is 5.54. The molecule has 0 radical (unpaired) electrons. The molecule has 0 aliphatic heterocycles. The fourth-order valence-corrected chi connectivity index (χ4v) is 2.15. The van der Waals surface area contributed by atoms with Gasteiger partial charge in [0.1, 0.15) is 5.92 Å². The number of nitrogens with one attached hydrogen (secondary N) is 1. The van der Waals surface area contributed by atoms with Gasteiger partial charge in [-0.25, -0.2) is 0 Å². The van der Waals surface area contributed by atoms with Crippen molar-refractivity contribution < 1.29 is 14.7 Å². The Balaban J connectivity index is 4.29. The Labute approximate surface area is 117 Å². The van der Waals surface area contributed by atoms with Crippen LogP contribution in [0.15, 0.2) is 0 Å². The van der Waals surface area contributed by atoms with Crippen LogP contribution >= 0.6 is 0 Å². The maximum Gasteiger partial charge on any atom is 0.316 e. The van der Waals surface area contributed by atoms with E-state index in [1.165, 1.54) is 19.3 Å². The molecule has 0 aliphatic rings. The summed E-state index contributed by atoms with van der Waals surface area (Å²) in [6.45, 7) is 9.42. The summed E-state index contributed by atoms with van der Waals surface area (Å²) in [4.78, 5) is 23.2. The summed E-state index contributed by atoms with van der Waals surface area (Å²) in [7, 11) is 0. The number of aliphatic carboxylic acids is 1. The molecule has 0 aliphatic carbocycles. The van der Waals surface area contributed by atoms with E-state index in [0.29, 0.717) is 0 Å². The maximum atomic E-state index is 12.0. The molecule has 0 spiro atoms. The molecule has 0 saturated heterocycles. The van der Waals surface area contributed by atoms with Gasteiger partial charge in [-0.2, -0.15) is 0 Å². The van der Waals surface area contributed by atoms with Crippen molar-refractivity contribution in [2.75, 3.05) is 0 Å². The normalized spacial score (nSPS) is 14.8. The van der Waals surface area contributed by atoms with Gasteiger partial charge in [-0.1, -0.05) is 53.4 Å². The number of amides is 1. The third-order valence-corrected chi connectivity index (χ3v) is 3.25. The van der Waals surface area contributed by atoms with Crippen LogP contribution in [0.4, 0.5) is 0 Å². The summed E-state index contributed by atoms with van der Waals surface area (Å²) in [6, 6.07) is 0.0357. The second-order valence-electron chi connectivity index (χ2n) is 6.40. The van der Waals surface area contributed by atoms with Crippen LogP contribution < -0.4 is 5.32 Å². The van der Waals surface area contributed by atoms with E-state index < -0.39 is 17.3 Å². The Morgan fingerprint density at radius 3 is 2.16 bits per heavy atom. The van der Waals surface area contributed by atoms with Crippen molar-refractivity contribution in [1.82, 2.24) is 5.32 Å². The van der Waals surface area contributed by atoms with E-state index in [1.807, 2.05) is 6.92 Å². The topological polar surface area (TPSA) is 66.4 Å². The molecule has 19 heavy (non-hydrogen) atoms. The lowest BCUT2D eigenvalue weighted by Crippen LogP contribution is -2.45. The van der Waals surface area contributed by atoms with Crippen molar-refractivity contribution >= 4 is 11.9 Å². The Kier molecular flexibility index (Phi) is 7.72. The van der Waals surface area contributed by atoms with Gasteiger partial charge in [0.15, 0.2) is 0 Å². The summed E-state index contributed by atoms with van der Waals surface area (Å²) in [5.41, 5.74) is -0.572. The van der Waals surface area contributed by atoms with Gasteiger partial charge in [0.2, 0.25) is 5.91 Å². The molecule has 0 saturated carbocycles. The average molecular weight is 271 g/mol. The van der Waals surface area contributed by atoms with Crippen LogP contribution in [0.25, 0.3) is 0 Å². The molecule has 0 aromatic heterocycles. The minimum atomic E-state index is -1.05. The van der Waals surface area contributed by atoms with Gasteiger partial charge < -0.3 is 10.4 Å². The second kappa shape index (κ2) is 8.18. The van der Waals surface area contributed by atoms with E-state index in [4.69, 9.17) is 0 Å². The molecule has 2 N–H and O–H groups in total. The zero-order valence-corrected chi connectivity index (χ0v) is 13.0. The van der Waals surface area contributed by atoms with Crippen molar-refractivity contribution in [2.24, 2.45) is 11.3 Å². The largest absolute Gasteiger partial charge is 0.481 e. The van der Waals surface area contributed by atoms with Crippen LogP contribution in [-0.4, -0.2) is 23.0 Å². The molecule has 0 heterocycles. The molecule has 112 valence electrons. The second-order valence-corrected chi connectivity index (χ2v) is 6.40. The molecule has 1 amide bonds. The monoisotopic (exact) mass is 271 g/mol. The Morgan fingerprint density at radius 1 is 1.16 bits per heavy atom. The fraction of sp³-hybridized carbons (Fsp3) is 0.867. The molecule has 0 aromatic rings. The van der Waals surface area contributed by atoms with E-state index >= 15 is 0 Å². The molecule has 4 nitrogen and oxygen atoms in total. The molecule has 4 heteroatoms. The average Bonchev–Trinajstić information content (AvgIpc) is 2.21. The number of carboxylic acid groups (broad SMARTS) is 1. The number of hydrogen-bond donors (Lipinski definition) is 2. The number of unbranched alkanes of at least 4 members (excludes halogenated alkanes) is 3. The van der Waals surface area contributed by atoms with Crippen LogP contribution in [0, 0.1) is 11.3 Å². The number of carbonyl (C=O) groups is 2. The summed E-state index contributed by atoms with van der Waals surface area (Å²) in [5.74, 6) is -2.42. The van der Waals surface area contributed by atoms with Gasteiger partial charge in [0.25, 0.3) is 0 Å². The van der Waals surface area contributed by atoms with Crippen LogP contribution in [0.3, 0.4) is 0 Å². The van der Waals surface area contributed by atoms with Gasteiger partial charge in [0.05, 0.1) is 0 Å². The molecule has 0 bridgehead atoms. The number of carboxylic acids is 1. The van der Waals surface area contributed by atoms with Crippen LogP contribution in [0.5, 0.6) is 0 Å². The summed E-state index contributed by atoms with van der Waals surface area (Å²) < 4.78 is 0. The molecular weight excluding hydrogens is 242 g/mol. The highest BCUT2D eigenvalue weighted by molar-refractivity contribution is 5.97. The first-order valence-electron chi connectivity index (χ1n) is 7.23. The standard InChI is InChI=1S/C15H29NO3/c1-6-7-8-9-10-11(2)16-13(17)12(14(18)19)15(3,4)5/h11-12H,6-10H2,1-5H3,(H,16,17)(H,18,19). The minimum absolute atomic E-state index is 0.0357. The molecular formula is C15H29NO3. The molecule has 0 aromatic carbocycles. The lowest BCUT2D eigenvalue weighted by molar-refractivity contribution is -0.151. The highest BCUT2D eigenvalue weighted by Crippen LogP contribution is 2.26. The number of hydrogen-bond acceptors (Lipinski definition) is 2. The van der Waals surface area contributed by atoms with E-state index in [9.17, 15) is 14.7 Å². The van der Waals surface area contributed by atoms with Crippen molar-refractivity contribution in [3.63, 3.8) is 0 Å². The van der Waals surface area contributed by atoms with Gasteiger partial charge >= 0.3 is 5.97 Å². The van der Waals surface area contributed by atoms with Gasteiger partial charge in [-0.3, -0.25) is 9.59 Å². The quantitative estimate of drug-likeness (QED) is 0.526. The predicted octanol–water partition coefficient (Wildman–Crippen LogP) is 3.21. The third kappa shape index (κ3) is 7.19. The van der Waals surface area contributed by atoms with Crippen LogP contribution in [0.2, 0.25) is 0 Å². The maximum absolute atomic E-state index is 12.0. The van der Waals surface area contributed by atoms with Crippen molar-refractivity contribution in [2.45, 2.75) is 72.8 Å². The van der Waals surface area contributed by atoms with Crippen LogP contribution in [0.1, 0.15) is 66.7 Å². The van der Waals surface area contributed by atoms with Crippen molar-refractivity contribution in [3.8, 4) is 0 Å². The minimum Gasteiger partial charge on any atom is -0.481 e. The van der Waals surface area contributed by atoms with E-state index in [1.54, 1.807) is 20.8 Å². The lowest BCUT2D eigenvalue weighted by Gasteiger charge is -2.27. The molecule has 2 atom stereocenters. The zero-order chi connectivity index (χ0) is 15.1. The molecule has 0 fully saturated rings. The molecule has 2 unspecified atom stereocenters. The first-order valence-corrected chi connectivity index (χ1v) is 7.23. The summed E-state index contributed by atoms with van der Waals surface area (Å²) in [5, 5.41) is 12.0. The predicted molar refractivity (Wildman–Crippen MR) is 76.9 cm³/mol. The Bertz CT molecular complexity index is 294. The fourth-order valence-electron chi connectivity index (χ4n) is 2.15. The van der Waals surface area contributed by atoms with Gasteiger partial charge in [0, 0.05) is 6.04 Å². The third-order valence-electron chi connectivity index (χ3n) is 3.25. The van der Waals surface area contributed by atoms with E-state index in [-0.39, 0.29) is 11.9 Å². The SMILES string of the molecule is CCCCCCC(C)NC(=O)C(C(=O)O)C(C)(C)C. The van der Waals surface area contributed by atoms with Gasteiger partial charge in [-0.05, 0) is 18.8 Å². The Morgan fingerprint density at radius 2 is 1.74 bits per heavy atom. The first kappa shape index (κ1) is 17.9. The number of carbonyl (C=O) groups excluding carboxylic acids is 1. The highest BCUT2D eigenvalue weighted by atomic mass is 16.4. The van der Waals surface area contributed by atoms with Crippen LogP contribution in [-0.2, 0) is 9.59 Å². The van der Waals surface area contributed by atoms with Gasteiger partial charge in [-0.15, -0.1) is 0 Å². The molecule has 0 rings (SSSR count). The zero-order valence-electron chi connectivity index (χ0n) is 13.0. The van der Waals surface area contributed by atoms with E-state index in [2.05, 4.69) is 12.2 Å².